The Labute approximate surface area is 126 Å². The summed E-state index contributed by atoms with van der Waals surface area (Å²) in [5.41, 5.74) is 4.10. The molecule has 1 fully saturated rings. The number of amides is 1. The molecule has 5 heteroatoms. The maximum Gasteiger partial charge on any atom is 0.254 e. The van der Waals surface area contributed by atoms with Gasteiger partial charge in [0.2, 0.25) is 0 Å². The third-order valence-corrected chi connectivity index (χ3v) is 3.87. The van der Waals surface area contributed by atoms with E-state index in [0.29, 0.717) is 17.3 Å². The van der Waals surface area contributed by atoms with E-state index < -0.39 is 0 Å². The van der Waals surface area contributed by atoms with Gasteiger partial charge >= 0.3 is 0 Å². The molecule has 21 heavy (non-hydrogen) atoms. The highest BCUT2D eigenvalue weighted by molar-refractivity contribution is 5.95. The summed E-state index contributed by atoms with van der Waals surface area (Å²) >= 11 is 0. The molecule has 1 saturated carbocycles. The zero-order chi connectivity index (χ0) is 15.6. The van der Waals surface area contributed by atoms with Crippen molar-refractivity contribution in [2.24, 2.45) is 11.8 Å². The lowest BCUT2D eigenvalue weighted by Crippen LogP contribution is -2.38. The van der Waals surface area contributed by atoms with Gasteiger partial charge < -0.3 is 10.3 Å². The van der Waals surface area contributed by atoms with Crippen LogP contribution in [-0.4, -0.2) is 28.4 Å². The van der Waals surface area contributed by atoms with Crippen LogP contribution in [0.2, 0.25) is 0 Å². The number of nitrogen functional groups attached to an aromatic ring is 1. The average molecular weight is 290 g/mol. The Morgan fingerprint density at radius 1 is 1.38 bits per heavy atom. The van der Waals surface area contributed by atoms with Crippen LogP contribution in [0.25, 0.3) is 0 Å². The summed E-state index contributed by atoms with van der Waals surface area (Å²) in [5, 5.41) is 0. The number of carbonyl (C=O) groups is 1. The van der Waals surface area contributed by atoms with Crippen LogP contribution < -0.4 is 11.3 Å². The SMILES string of the molecule is CC(C)c1cc(C(=O)N(CC2CC2)C(C)C)cc(NN)n1. The summed E-state index contributed by atoms with van der Waals surface area (Å²) in [6.45, 7) is 9.09. The Hall–Kier alpha value is -1.62. The lowest BCUT2D eigenvalue weighted by Gasteiger charge is -2.27. The smallest absolute Gasteiger partial charge is 0.254 e. The third-order valence-electron chi connectivity index (χ3n) is 3.87. The first-order valence-electron chi connectivity index (χ1n) is 7.72. The lowest BCUT2D eigenvalue weighted by atomic mass is 10.1. The van der Waals surface area contributed by atoms with Crippen molar-refractivity contribution in [3.05, 3.63) is 23.4 Å². The van der Waals surface area contributed by atoms with Gasteiger partial charge in [0.1, 0.15) is 5.82 Å². The molecule has 0 spiro atoms. The van der Waals surface area contributed by atoms with Crippen LogP contribution in [0.15, 0.2) is 12.1 Å². The number of nitrogens with one attached hydrogen (secondary N) is 1. The Balaban J connectivity index is 2.28. The van der Waals surface area contributed by atoms with Gasteiger partial charge in [0.05, 0.1) is 0 Å². The van der Waals surface area contributed by atoms with E-state index in [4.69, 9.17) is 5.84 Å². The largest absolute Gasteiger partial charge is 0.336 e. The number of hydrogen-bond donors (Lipinski definition) is 2. The second kappa shape index (κ2) is 6.43. The first-order chi connectivity index (χ1) is 9.92. The fourth-order valence-corrected chi connectivity index (χ4v) is 2.32. The van der Waals surface area contributed by atoms with Crippen molar-refractivity contribution >= 4 is 11.7 Å². The first-order valence-corrected chi connectivity index (χ1v) is 7.72. The quantitative estimate of drug-likeness (QED) is 0.624. The van der Waals surface area contributed by atoms with Gasteiger partial charge in [-0.1, -0.05) is 13.8 Å². The van der Waals surface area contributed by atoms with Crippen LogP contribution in [0.5, 0.6) is 0 Å². The van der Waals surface area contributed by atoms with E-state index in [0.717, 1.165) is 12.2 Å². The van der Waals surface area contributed by atoms with Crippen LogP contribution >= 0.6 is 0 Å². The van der Waals surface area contributed by atoms with Gasteiger partial charge in [-0.2, -0.15) is 0 Å². The van der Waals surface area contributed by atoms with Crippen molar-refractivity contribution in [1.82, 2.24) is 9.88 Å². The van der Waals surface area contributed by atoms with E-state index in [1.165, 1.54) is 12.8 Å². The molecule has 0 unspecified atom stereocenters. The van der Waals surface area contributed by atoms with E-state index in [-0.39, 0.29) is 17.9 Å². The Morgan fingerprint density at radius 3 is 2.52 bits per heavy atom. The van der Waals surface area contributed by atoms with Crippen LogP contribution in [0.1, 0.15) is 62.5 Å². The van der Waals surface area contributed by atoms with Gasteiger partial charge in [0, 0.05) is 23.8 Å². The molecule has 0 aliphatic heterocycles. The molecule has 0 atom stereocenters. The van der Waals surface area contributed by atoms with E-state index in [9.17, 15) is 4.79 Å². The zero-order valence-electron chi connectivity index (χ0n) is 13.4. The molecule has 0 bridgehead atoms. The molecule has 1 amide bonds. The third kappa shape index (κ3) is 3.94. The van der Waals surface area contributed by atoms with E-state index in [1.54, 1.807) is 6.07 Å². The second-order valence-corrected chi connectivity index (χ2v) is 6.46. The van der Waals surface area contributed by atoms with Crippen molar-refractivity contribution in [1.29, 1.82) is 0 Å². The fraction of sp³-hybridized carbons (Fsp3) is 0.625. The Kier molecular flexibility index (Phi) is 4.83. The van der Waals surface area contributed by atoms with Crippen LogP contribution in [0.4, 0.5) is 5.82 Å². The molecular formula is C16H26N4O. The molecule has 0 radical (unpaired) electrons. The highest BCUT2D eigenvalue weighted by atomic mass is 16.2. The number of rotatable bonds is 6. The summed E-state index contributed by atoms with van der Waals surface area (Å²) < 4.78 is 0. The number of carbonyl (C=O) groups excluding carboxylic acids is 1. The maximum atomic E-state index is 12.8. The minimum absolute atomic E-state index is 0.0673. The molecular weight excluding hydrogens is 264 g/mol. The predicted octanol–water partition coefficient (Wildman–Crippen LogP) is 2.75. The van der Waals surface area contributed by atoms with Crippen LogP contribution in [0.3, 0.4) is 0 Å². The molecule has 0 aromatic carbocycles. The molecule has 1 aliphatic carbocycles. The zero-order valence-corrected chi connectivity index (χ0v) is 13.4. The molecule has 1 aromatic heterocycles. The minimum Gasteiger partial charge on any atom is -0.336 e. The fourth-order valence-electron chi connectivity index (χ4n) is 2.32. The molecule has 5 nitrogen and oxygen atoms in total. The van der Waals surface area contributed by atoms with Crippen molar-refractivity contribution in [2.45, 2.75) is 52.5 Å². The number of hydrogen-bond acceptors (Lipinski definition) is 4. The van der Waals surface area contributed by atoms with E-state index in [2.05, 4.69) is 38.1 Å². The molecule has 0 saturated heterocycles. The first kappa shape index (κ1) is 15.8. The van der Waals surface area contributed by atoms with Crippen LogP contribution in [0, 0.1) is 5.92 Å². The van der Waals surface area contributed by atoms with Gasteiger partial charge in [0.15, 0.2) is 0 Å². The molecule has 1 aromatic rings. The standard InChI is InChI=1S/C16H26N4O/c1-10(2)14-7-13(8-15(18-14)19-17)16(21)20(11(3)4)9-12-5-6-12/h7-8,10-12H,5-6,9,17H2,1-4H3,(H,18,19). The van der Waals surface area contributed by atoms with Gasteiger partial charge in [-0.15, -0.1) is 0 Å². The lowest BCUT2D eigenvalue weighted by molar-refractivity contribution is 0.0696. The molecule has 116 valence electrons. The summed E-state index contributed by atoms with van der Waals surface area (Å²) in [7, 11) is 0. The summed E-state index contributed by atoms with van der Waals surface area (Å²) in [6, 6.07) is 3.81. The summed E-state index contributed by atoms with van der Waals surface area (Å²) in [6.07, 6.45) is 2.47. The molecule has 2 rings (SSSR count). The summed E-state index contributed by atoms with van der Waals surface area (Å²) in [5.74, 6) is 7.01. The van der Waals surface area contributed by atoms with Crippen molar-refractivity contribution in [3.8, 4) is 0 Å². The topological polar surface area (TPSA) is 71.2 Å². The molecule has 3 N–H and O–H groups in total. The van der Waals surface area contributed by atoms with Gasteiger partial charge in [0.25, 0.3) is 5.91 Å². The Bertz CT molecular complexity index is 509. The normalized spacial score (nSPS) is 14.6. The number of hydrazine groups is 1. The van der Waals surface area contributed by atoms with Gasteiger partial charge in [-0.25, -0.2) is 10.8 Å². The number of anilines is 1. The predicted molar refractivity (Wildman–Crippen MR) is 85.0 cm³/mol. The second-order valence-electron chi connectivity index (χ2n) is 6.46. The van der Waals surface area contributed by atoms with Crippen molar-refractivity contribution in [2.75, 3.05) is 12.0 Å². The minimum atomic E-state index is 0.0673. The number of aromatic nitrogens is 1. The Morgan fingerprint density at radius 2 is 2.05 bits per heavy atom. The monoisotopic (exact) mass is 290 g/mol. The number of nitrogens with two attached hydrogens (primary N) is 1. The molecule has 1 aliphatic rings. The van der Waals surface area contributed by atoms with E-state index in [1.807, 2.05) is 11.0 Å². The van der Waals surface area contributed by atoms with Crippen LogP contribution in [-0.2, 0) is 0 Å². The maximum absolute atomic E-state index is 12.8. The highest BCUT2D eigenvalue weighted by Gasteiger charge is 2.29. The van der Waals surface area contributed by atoms with Crippen molar-refractivity contribution < 1.29 is 4.79 Å². The van der Waals surface area contributed by atoms with Gasteiger partial charge in [-0.3, -0.25) is 4.79 Å². The highest BCUT2D eigenvalue weighted by Crippen LogP contribution is 2.31. The number of nitrogens with zero attached hydrogens (tertiary/aromatic N) is 2. The van der Waals surface area contributed by atoms with Crippen molar-refractivity contribution in [3.63, 3.8) is 0 Å². The summed E-state index contributed by atoms with van der Waals surface area (Å²) in [4.78, 5) is 19.2. The average Bonchev–Trinajstić information content (AvgIpc) is 3.27. The van der Waals surface area contributed by atoms with E-state index >= 15 is 0 Å². The number of pyridine rings is 1. The van der Waals surface area contributed by atoms with Gasteiger partial charge in [-0.05, 0) is 50.7 Å². The molecule has 1 heterocycles.